The first kappa shape index (κ1) is 9.69. The summed E-state index contributed by atoms with van der Waals surface area (Å²) < 4.78 is 0.204. The second-order valence-electron chi connectivity index (χ2n) is 3.85. The van der Waals surface area contributed by atoms with Crippen LogP contribution in [0.5, 0.6) is 0 Å². The van der Waals surface area contributed by atoms with Gasteiger partial charge in [-0.15, -0.1) is 0 Å². The second kappa shape index (κ2) is 2.74. The van der Waals surface area contributed by atoms with Gasteiger partial charge in [0.25, 0.3) is 0 Å². The predicted molar refractivity (Wildman–Crippen MR) is 51.0 cm³/mol. The van der Waals surface area contributed by atoms with Gasteiger partial charge in [0.1, 0.15) is 0 Å². The molecule has 0 aromatic heterocycles. The second-order valence-corrected chi connectivity index (χ2v) is 6.54. The molecular weight excluding hydrogens is 225 g/mol. The van der Waals surface area contributed by atoms with E-state index in [9.17, 15) is 0 Å². The fourth-order valence-electron chi connectivity index (χ4n) is 0.892. The molecule has 0 saturated carbocycles. The standard InChI is InChI=1S/C7H16IN/c1-6(2,3)9-7(4,5)8/h9H,1-5H3. The molecule has 1 N–H and O–H groups in total. The van der Waals surface area contributed by atoms with E-state index in [1.54, 1.807) is 0 Å². The van der Waals surface area contributed by atoms with Gasteiger partial charge in [-0.3, -0.25) is 5.32 Å². The van der Waals surface area contributed by atoms with Gasteiger partial charge in [-0.05, 0) is 34.6 Å². The third-order valence-electron chi connectivity index (χ3n) is 0.672. The molecule has 0 rings (SSSR count). The monoisotopic (exact) mass is 241 g/mol. The molecular formula is C7H16IN. The Morgan fingerprint density at radius 2 is 1.33 bits per heavy atom. The Balaban J connectivity index is 3.75. The van der Waals surface area contributed by atoms with E-state index in [0.29, 0.717) is 0 Å². The number of nitrogens with one attached hydrogen (secondary N) is 1. The van der Waals surface area contributed by atoms with E-state index in [-0.39, 0.29) is 9.08 Å². The Kier molecular flexibility index (Phi) is 2.95. The molecule has 0 aromatic rings. The van der Waals surface area contributed by atoms with Crippen molar-refractivity contribution >= 4 is 22.6 Å². The summed E-state index contributed by atoms with van der Waals surface area (Å²) in [6.07, 6.45) is 0. The van der Waals surface area contributed by atoms with E-state index in [0.717, 1.165) is 0 Å². The largest absolute Gasteiger partial charge is 0.299 e. The number of halogens is 1. The molecule has 0 saturated heterocycles. The lowest BCUT2D eigenvalue weighted by Gasteiger charge is -2.29. The molecule has 0 aliphatic rings. The molecule has 9 heavy (non-hydrogen) atoms. The zero-order valence-electron chi connectivity index (χ0n) is 6.88. The lowest BCUT2D eigenvalue weighted by Crippen LogP contribution is -2.46. The van der Waals surface area contributed by atoms with Gasteiger partial charge in [-0.25, -0.2) is 0 Å². The molecule has 0 bridgehead atoms. The average molecular weight is 241 g/mol. The molecule has 0 heterocycles. The molecule has 0 unspecified atom stereocenters. The van der Waals surface area contributed by atoms with Crippen molar-refractivity contribution in [2.75, 3.05) is 0 Å². The average Bonchev–Trinajstić information content (AvgIpc) is 1.14. The van der Waals surface area contributed by atoms with E-state index in [4.69, 9.17) is 0 Å². The SMILES string of the molecule is CC(C)(C)NC(C)(C)I. The minimum Gasteiger partial charge on any atom is -0.299 e. The van der Waals surface area contributed by atoms with E-state index >= 15 is 0 Å². The summed E-state index contributed by atoms with van der Waals surface area (Å²) in [5.41, 5.74) is 0.227. The van der Waals surface area contributed by atoms with E-state index in [1.165, 1.54) is 0 Å². The van der Waals surface area contributed by atoms with Crippen LogP contribution >= 0.6 is 22.6 Å². The van der Waals surface area contributed by atoms with Crippen LogP contribution < -0.4 is 5.32 Å². The van der Waals surface area contributed by atoms with Crippen LogP contribution in [0.2, 0.25) is 0 Å². The zero-order chi connectivity index (χ0) is 7.71. The zero-order valence-corrected chi connectivity index (χ0v) is 9.04. The maximum absolute atomic E-state index is 3.44. The normalized spacial score (nSPS) is 14.0. The first-order valence-electron chi connectivity index (χ1n) is 3.19. The molecule has 2 heteroatoms. The van der Waals surface area contributed by atoms with Crippen molar-refractivity contribution < 1.29 is 0 Å². The van der Waals surface area contributed by atoms with Crippen molar-refractivity contribution in [3.8, 4) is 0 Å². The van der Waals surface area contributed by atoms with Gasteiger partial charge >= 0.3 is 0 Å². The summed E-state index contributed by atoms with van der Waals surface area (Å²) in [5, 5.41) is 3.44. The molecule has 0 aliphatic heterocycles. The highest BCUT2D eigenvalue weighted by Crippen LogP contribution is 2.16. The van der Waals surface area contributed by atoms with E-state index in [2.05, 4.69) is 62.5 Å². The molecule has 1 nitrogen and oxygen atoms in total. The van der Waals surface area contributed by atoms with Crippen LogP contribution in [0.1, 0.15) is 34.6 Å². The van der Waals surface area contributed by atoms with Crippen molar-refractivity contribution in [1.82, 2.24) is 5.32 Å². The van der Waals surface area contributed by atoms with Crippen LogP contribution in [-0.2, 0) is 0 Å². The van der Waals surface area contributed by atoms with Crippen molar-refractivity contribution in [3.63, 3.8) is 0 Å². The van der Waals surface area contributed by atoms with Gasteiger partial charge in [-0.2, -0.15) is 0 Å². The first-order chi connectivity index (χ1) is 3.71. The van der Waals surface area contributed by atoms with Crippen LogP contribution in [0.25, 0.3) is 0 Å². The van der Waals surface area contributed by atoms with Crippen molar-refractivity contribution in [2.24, 2.45) is 0 Å². The van der Waals surface area contributed by atoms with Crippen molar-refractivity contribution in [1.29, 1.82) is 0 Å². The summed E-state index contributed by atoms with van der Waals surface area (Å²) in [6.45, 7) is 10.9. The van der Waals surface area contributed by atoms with Crippen molar-refractivity contribution in [2.45, 2.75) is 43.7 Å². The Morgan fingerprint density at radius 1 is 1.00 bits per heavy atom. The van der Waals surface area contributed by atoms with Crippen molar-refractivity contribution in [3.05, 3.63) is 0 Å². The molecule has 0 aliphatic carbocycles. The summed E-state index contributed by atoms with van der Waals surface area (Å²) in [6, 6.07) is 0. The molecule has 0 radical (unpaired) electrons. The Bertz CT molecular complexity index is 74.1. The molecule has 0 spiro atoms. The molecule has 0 fully saturated rings. The van der Waals surface area contributed by atoms with Crippen LogP contribution in [0.15, 0.2) is 0 Å². The highest BCUT2D eigenvalue weighted by Gasteiger charge is 2.19. The lowest BCUT2D eigenvalue weighted by molar-refractivity contribution is 0.376. The summed E-state index contributed by atoms with van der Waals surface area (Å²) in [5.74, 6) is 0. The molecule has 0 atom stereocenters. The Morgan fingerprint density at radius 3 is 1.33 bits per heavy atom. The van der Waals surface area contributed by atoms with E-state index < -0.39 is 0 Å². The van der Waals surface area contributed by atoms with Gasteiger partial charge in [0.05, 0.1) is 3.55 Å². The van der Waals surface area contributed by atoms with E-state index in [1.807, 2.05) is 0 Å². The minimum absolute atomic E-state index is 0.204. The first-order valence-corrected chi connectivity index (χ1v) is 4.27. The van der Waals surface area contributed by atoms with Crippen LogP contribution in [-0.4, -0.2) is 9.08 Å². The quantitative estimate of drug-likeness (QED) is 0.422. The number of hydrogen-bond acceptors (Lipinski definition) is 1. The smallest absolute Gasteiger partial charge is 0.0652 e. The van der Waals surface area contributed by atoms with Gasteiger partial charge in [0.15, 0.2) is 0 Å². The fraction of sp³-hybridized carbons (Fsp3) is 1.00. The third-order valence-corrected chi connectivity index (χ3v) is 0.942. The van der Waals surface area contributed by atoms with Gasteiger partial charge in [0, 0.05) is 5.54 Å². The molecule has 56 valence electrons. The molecule has 0 amide bonds. The number of hydrogen-bond donors (Lipinski definition) is 1. The maximum atomic E-state index is 3.44. The number of rotatable bonds is 1. The predicted octanol–water partition coefficient (Wildman–Crippen LogP) is 2.55. The van der Waals surface area contributed by atoms with Crippen LogP contribution in [0, 0.1) is 0 Å². The highest BCUT2D eigenvalue weighted by molar-refractivity contribution is 14.1. The Hall–Kier alpha value is 0.690. The van der Waals surface area contributed by atoms with Gasteiger partial charge < -0.3 is 0 Å². The van der Waals surface area contributed by atoms with Gasteiger partial charge in [0.2, 0.25) is 0 Å². The maximum Gasteiger partial charge on any atom is 0.0652 e. The fourth-order valence-corrected chi connectivity index (χ4v) is 1.70. The summed E-state index contributed by atoms with van der Waals surface area (Å²) >= 11 is 2.39. The van der Waals surface area contributed by atoms with Crippen LogP contribution in [0.3, 0.4) is 0 Å². The third kappa shape index (κ3) is 8.69. The topological polar surface area (TPSA) is 12.0 Å². The highest BCUT2D eigenvalue weighted by atomic mass is 127. The number of alkyl halides is 1. The van der Waals surface area contributed by atoms with Gasteiger partial charge in [-0.1, -0.05) is 22.6 Å². The van der Waals surface area contributed by atoms with Crippen LogP contribution in [0.4, 0.5) is 0 Å². The Labute approximate surface area is 71.7 Å². The summed E-state index contributed by atoms with van der Waals surface area (Å²) in [4.78, 5) is 0. The molecule has 0 aromatic carbocycles. The minimum atomic E-state index is 0.204. The lowest BCUT2D eigenvalue weighted by atomic mass is 10.1. The summed E-state index contributed by atoms with van der Waals surface area (Å²) in [7, 11) is 0.